The van der Waals surface area contributed by atoms with Crippen LogP contribution in [0.1, 0.15) is 30.0 Å². The molecule has 0 aromatic heterocycles. The first-order valence-corrected chi connectivity index (χ1v) is 13.1. The van der Waals surface area contributed by atoms with E-state index in [0.717, 1.165) is 11.1 Å². The van der Waals surface area contributed by atoms with Crippen LogP contribution in [0, 0.1) is 5.92 Å². The molecule has 2 unspecified atom stereocenters. The van der Waals surface area contributed by atoms with E-state index in [-0.39, 0.29) is 18.2 Å². The smallest absolute Gasteiger partial charge is 0.227 e. The van der Waals surface area contributed by atoms with E-state index >= 15 is 0 Å². The minimum Gasteiger partial charge on any atom is -0.497 e. The number of nitrogens with zero attached hydrogens (tertiary/aromatic N) is 1. The molecule has 1 aliphatic rings. The fourth-order valence-electron chi connectivity index (χ4n) is 4.97. The van der Waals surface area contributed by atoms with Crippen LogP contribution in [-0.2, 0) is 16.0 Å². The van der Waals surface area contributed by atoms with Crippen molar-refractivity contribution in [2.45, 2.75) is 25.3 Å². The molecule has 3 aromatic carbocycles. The Labute approximate surface area is 233 Å². The van der Waals surface area contributed by atoms with Crippen molar-refractivity contribution in [3.05, 3.63) is 76.8 Å². The van der Waals surface area contributed by atoms with Gasteiger partial charge in [-0.1, -0.05) is 35.9 Å². The Morgan fingerprint density at radius 1 is 0.923 bits per heavy atom. The van der Waals surface area contributed by atoms with Crippen molar-refractivity contribution in [3.63, 3.8) is 0 Å². The van der Waals surface area contributed by atoms with E-state index in [1.165, 1.54) is 21.3 Å². The lowest BCUT2D eigenvalue weighted by atomic mass is 9.83. The van der Waals surface area contributed by atoms with Crippen molar-refractivity contribution < 1.29 is 28.5 Å². The molecule has 1 saturated heterocycles. The summed E-state index contributed by atoms with van der Waals surface area (Å²) in [6.45, 7) is 0.463. The molecular formula is C30H33ClN2O6. The maximum absolute atomic E-state index is 13.6. The number of rotatable bonds is 10. The third-order valence-corrected chi connectivity index (χ3v) is 7.20. The number of carbonyl (C=O) groups excluding carboxylic acids is 2. The molecule has 3 aromatic rings. The van der Waals surface area contributed by atoms with Gasteiger partial charge in [-0.05, 0) is 48.2 Å². The summed E-state index contributed by atoms with van der Waals surface area (Å²) in [4.78, 5) is 28.8. The Bertz CT molecular complexity index is 1270. The average Bonchev–Trinajstić information content (AvgIpc) is 2.97. The van der Waals surface area contributed by atoms with E-state index in [2.05, 4.69) is 5.32 Å². The van der Waals surface area contributed by atoms with E-state index < -0.39 is 12.0 Å². The highest BCUT2D eigenvalue weighted by atomic mass is 35.5. The van der Waals surface area contributed by atoms with Gasteiger partial charge in [0.2, 0.25) is 17.6 Å². The number of nitrogens with one attached hydrogen (secondary N) is 1. The molecule has 9 heteroatoms. The fraction of sp³-hybridized carbons (Fsp3) is 0.333. The van der Waals surface area contributed by atoms with Gasteiger partial charge in [-0.15, -0.1) is 0 Å². The predicted molar refractivity (Wildman–Crippen MR) is 150 cm³/mol. The topological polar surface area (TPSA) is 86.3 Å². The van der Waals surface area contributed by atoms with Gasteiger partial charge in [-0.25, -0.2) is 0 Å². The van der Waals surface area contributed by atoms with Crippen LogP contribution < -0.4 is 29.2 Å². The zero-order valence-electron chi connectivity index (χ0n) is 22.5. The number of amides is 2. The van der Waals surface area contributed by atoms with Crippen molar-refractivity contribution in [3.8, 4) is 23.0 Å². The van der Waals surface area contributed by atoms with Gasteiger partial charge in [-0.3, -0.25) is 9.59 Å². The van der Waals surface area contributed by atoms with Crippen LogP contribution in [0.15, 0.2) is 60.7 Å². The summed E-state index contributed by atoms with van der Waals surface area (Å²) in [6, 6.07) is 17.9. The Balaban J connectivity index is 1.69. The van der Waals surface area contributed by atoms with Crippen molar-refractivity contribution >= 4 is 29.1 Å². The normalized spacial score (nSPS) is 16.9. The van der Waals surface area contributed by atoms with Gasteiger partial charge in [-0.2, -0.15) is 0 Å². The zero-order valence-corrected chi connectivity index (χ0v) is 23.3. The third kappa shape index (κ3) is 6.23. The SMILES string of the molecule is COc1ccc(C2C(C(=O)NCCc3ccc(Cl)cc3)CCC(=O)N2c2cc(OC)c(OC)c(OC)c2)cc1. The average molecular weight is 553 g/mol. The van der Waals surface area contributed by atoms with Crippen LogP contribution in [0.3, 0.4) is 0 Å². The van der Waals surface area contributed by atoms with E-state index in [1.807, 2.05) is 48.5 Å². The molecule has 1 N–H and O–H groups in total. The van der Waals surface area contributed by atoms with E-state index in [1.54, 1.807) is 24.1 Å². The van der Waals surface area contributed by atoms with Crippen LogP contribution in [0.5, 0.6) is 23.0 Å². The molecule has 0 radical (unpaired) electrons. The Morgan fingerprint density at radius 2 is 1.56 bits per heavy atom. The number of piperidine rings is 1. The largest absolute Gasteiger partial charge is 0.497 e. The lowest BCUT2D eigenvalue weighted by Crippen LogP contribution is -2.48. The molecule has 1 fully saturated rings. The summed E-state index contributed by atoms with van der Waals surface area (Å²) >= 11 is 5.99. The predicted octanol–water partition coefficient (Wildman–Crippen LogP) is 5.22. The second-order valence-corrected chi connectivity index (χ2v) is 9.61. The molecule has 206 valence electrons. The third-order valence-electron chi connectivity index (χ3n) is 6.95. The quantitative estimate of drug-likeness (QED) is 0.371. The Kier molecular flexibility index (Phi) is 9.19. The number of anilines is 1. The Morgan fingerprint density at radius 3 is 2.13 bits per heavy atom. The molecule has 0 bridgehead atoms. The molecule has 2 atom stereocenters. The van der Waals surface area contributed by atoms with Crippen molar-refractivity contribution in [2.75, 3.05) is 39.9 Å². The summed E-state index contributed by atoms with van der Waals surface area (Å²) in [5, 5.41) is 3.75. The summed E-state index contributed by atoms with van der Waals surface area (Å²) in [6.07, 6.45) is 1.31. The standard InChI is InChI=1S/C30H33ClN2O6/c1-36-23-11-7-20(8-12-23)28-24(30(35)32-16-15-19-5-9-21(31)10-6-19)13-14-27(34)33(28)22-17-25(37-2)29(39-4)26(18-22)38-3/h5-12,17-18,24,28H,13-16H2,1-4H3,(H,32,35). The Hall–Kier alpha value is -3.91. The molecule has 1 heterocycles. The summed E-state index contributed by atoms with van der Waals surface area (Å²) in [5.74, 6) is 1.24. The van der Waals surface area contributed by atoms with Crippen LogP contribution in [0.2, 0.25) is 5.02 Å². The van der Waals surface area contributed by atoms with Gasteiger partial charge in [0, 0.05) is 30.1 Å². The fourth-order valence-corrected chi connectivity index (χ4v) is 5.10. The van der Waals surface area contributed by atoms with E-state index in [9.17, 15) is 9.59 Å². The van der Waals surface area contributed by atoms with Gasteiger partial charge in [0.15, 0.2) is 11.5 Å². The van der Waals surface area contributed by atoms with Gasteiger partial charge in [0.05, 0.1) is 46.1 Å². The maximum atomic E-state index is 13.6. The lowest BCUT2D eigenvalue weighted by Gasteiger charge is -2.41. The molecule has 1 aliphatic heterocycles. The van der Waals surface area contributed by atoms with Crippen molar-refractivity contribution in [2.24, 2.45) is 5.92 Å². The molecular weight excluding hydrogens is 520 g/mol. The molecule has 4 rings (SSSR count). The van der Waals surface area contributed by atoms with E-state index in [0.29, 0.717) is 53.1 Å². The van der Waals surface area contributed by atoms with Crippen LogP contribution in [0.4, 0.5) is 5.69 Å². The first-order chi connectivity index (χ1) is 18.9. The highest BCUT2D eigenvalue weighted by Gasteiger charge is 2.42. The summed E-state index contributed by atoms with van der Waals surface area (Å²) < 4.78 is 21.9. The van der Waals surface area contributed by atoms with Crippen LogP contribution >= 0.6 is 11.6 Å². The second-order valence-electron chi connectivity index (χ2n) is 9.18. The number of methoxy groups -OCH3 is 4. The zero-order chi connectivity index (χ0) is 27.9. The van der Waals surface area contributed by atoms with Crippen LogP contribution in [0.25, 0.3) is 0 Å². The number of halogens is 1. The number of benzene rings is 3. The summed E-state index contributed by atoms with van der Waals surface area (Å²) in [5.41, 5.74) is 2.44. The van der Waals surface area contributed by atoms with Gasteiger partial charge < -0.3 is 29.2 Å². The first-order valence-electron chi connectivity index (χ1n) is 12.7. The molecule has 39 heavy (non-hydrogen) atoms. The molecule has 0 saturated carbocycles. The number of hydrogen-bond donors (Lipinski definition) is 1. The van der Waals surface area contributed by atoms with Crippen molar-refractivity contribution in [1.29, 1.82) is 0 Å². The monoisotopic (exact) mass is 552 g/mol. The minimum absolute atomic E-state index is 0.102. The molecule has 0 aliphatic carbocycles. The van der Waals surface area contributed by atoms with E-state index in [4.69, 9.17) is 30.5 Å². The lowest BCUT2D eigenvalue weighted by molar-refractivity contribution is -0.129. The van der Waals surface area contributed by atoms with Gasteiger partial charge in [0.1, 0.15) is 5.75 Å². The minimum atomic E-state index is -0.560. The first kappa shape index (κ1) is 28.1. The second kappa shape index (κ2) is 12.8. The molecule has 2 amide bonds. The molecule has 8 nitrogen and oxygen atoms in total. The van der Waals surface area contributed by atoms with Crippen LogP contribution in [-0.4, -0.2) is 46.8 Å². The number of ether oxygens (including phenoxy) is 4. The maximum Gasteiger partial charge on any atom is 0.227 e. The number of carbonyl (C=O) groups is 2. The highest BCUT2D eigenvalue weighted by molar-refractivity contribution is 6.30. The highest BCUT2D eigenvalue weighted by Crippen LogP contribution is 2.46. The van der Waals surface area contributed by atoms with Crippen molar-refractivity contribution in [1.82, 2.24) is 5.32 Å². The number of hydrogen-bond acceptors (Lipinski definition) is 6. The molecule has 0 spiro atoms. The summed E-state index contributed by atoms with van der Waals surface area (Å²) in [7, 11) is 6.17. The van der Waals surface area contributed by atoms with Gasteiger partial charge in [0.25, 0.3) is 0 Å². The van der Waals surface area contributed by atoms with Gasteiger partial charge >= 0.3 is 0 Å².